The van der Waals surface area contributed by atoms with Crippen molar-refractivity contribution in [1.29, 1.82) is 0 Å². The molecular formula is C16H16F3NO3S. The Kier molecular flexibility index (Phi) is 5.51. The van der Waals surface area contributed by atoms with Crippen LogP contribution in [0.25, 0.3) is 0 Å². The number of hydrogen-bond acceptors (Lipinski definition) is 3. The third-order valence-corrected chi connectivity index (χ3v) is 4.77. The summed E-state index contributed by atoms with van der Waals surface area (Å²) < 4.78 is 69.6. The minimum absolute atomic E-state index is 0.0613. The summed E-state index contributed by atoms with van der Waals surface area (Å²) in [5, 5.41) is 0. The fraction of sp³-hybridized carbons (Fsp3) is 0.250. The van der Waals surface area contributed by atoms with Gasteiger partial charge >= 0.3 is 6.18 Å². The highest BCUT2D eigenvalue weighted by Crippen LogP contribution is 2.30. The van der Waals surface area contributed by atoms with E-state index in [-0.39, 0.29) is 6.54 Å². The minimum atomic E-state index is -4.59. The molecule has 0 saturated heterocycles. The zero-order valence-electron chi connectivity index (χ0n) is 12.8. The van der Waals surface area contributed by atoms with Gasteiger partial charge in [-0.2, -0.15) is 13.2 Å². The van der Waals surface area contributed by atoms with Gasteiger partial charge in [0.15, 0.2) is 0 Å². The summed E-state index contributed by atoms with van der Waals surface area (Å²) in [6, 6.07) is 10.7. The van der Waals surface area contributed by atoms with Crippen LogP contribution in [0, 0.1) is 0 Å². The van der Waals surface area contributed by atoms with Gasteiger partial charge in [0.25, 0.3) is 0 Å². The highest BCUT2D eigenvalue weighted by atomic mass is 32.2. The Balaban J connectivity index is 2.06. The number of nitrogens with one attached hydrogen (secondary N) is 1. The van der Waals surface area contributed by atoms with Crippen LogP contribution in [0.1, 0.15) is 11.1 Å². The molecule has 2 rings (SSSR count). The Morgan fingerprint density at radius 3 is 2.46 bits per heavy atom. The number of hydrogen-bond donors (Lipinski definition) is 1. The van der Waals surface area contributed by atoms with Crippen molar-refractivity contribution in [3.05, 3.63) is 59.7 Å². The average Bonchev–Trinajstić information content (AvgIpc) is 2.54. The Morgan fingerprint density at radius 2 is 1.79 bits per heavy atom. The molecule has 2 aromatic rings. The summed E-state index contributed by atoms with van der Waals surface area (Å²) in [5.74, 6) is 0.647. The molecule has 0 fully saturated rings. The summed E-state index contributed by atoms with van der Waals surface area (Å²) >= 11 is 0. The van der Waals surface area contributed by atoms with Gasteiger partial charge < -0.3 is 4.74 Å². The molecule has 0 aliphatic rings. The lowest BCUT2D eigenvalue weighted by Crippen LogP contribution is -2.26. The number of halogens is 3. The molecule has 1 N–H and O–H groups in total. The number of alkyl halides is 3. The molecule has 0 aromatic heterocycles. The van der Waals surface area contributed by atoms with Crippen LogP contribution in [0.15, 0.2) is 53.4 Å². The Hall–Kier alpha value is -2.06. The van der Waals surface area contributed by atoms with E-state index in [4.69, 9.17) is 4.74 Å². The third kappa shape index (κ3) is 4.72. The molecule has 0 atom stereocenters. The first-order valence-corrected chi connectivity index (χ1v) is 8.50. The topological polar surface area (TPSA) is 55.4 Å². The predicted octanol–water partition coefficient (Wildman–Crippen LogP) is 3.24. The quantitative estimate of drug-likeness (QED) is 0.862. The molecular weight excluding hydrogens is 343 g/mol. The fourth-order valence-corrected chi connectivity index (χ4v) is 3.16. The lowest BCUT2D eigenvalue weighted by molar-refractivity contribution is -0.137. The second-order valence-electron chi connectivity index (χ2n) is 5.02. The summed E-state index contributed by atoms with van der Waals surface area (Å²) in [7, 11) is -2.49. The number of rotatable bonds is 6. The number of sulfonamides is 1. The molecule has 0 amide bonds. The average molecular weight is 359 g/mol. The standard InChI is InChI=1S/C16H16F3NO3S/c1-23-14-6-2-4-12(10-14)8-9-20-24(21,22)15-7-3-5-13(11-15)16(17,18)19/h2-7,10-11,20H,8-9H2,1H3. The van der Waals surface area contributed by atoms with E-state index < -0.39 is 26.7 Å². The van der Waals surface area contributed by atoms with Gasteiger partial charge in [0.05, 0.1) is 17.6 Å². The first-order valence-electron chi connectivity index (χ1n) is 7.02. The van der Waals surface area contributed by atoms with Gasteiger partial charge in [-0.3, -0.25) is 0 Å². The van der Waals surface area contributed by atoms with Gasteiger partial charge in [0.2, 0.25) is 10.0 Å². The molecule has 0 heterocycles. The molecule has 8 heteroatoms. The first-order chi connectivity index (χ1) is 11.2. The molecule has 0 radical (unpaired) electrons. The first kappa shape index (κ1) is 18.3. The maximum absolute atomic E-state index is 12.7. The number of ether oxygens (including phenoxy) is 1. The van der Waals surface area contributed by atoms with E-state index in [2.05, 4.69) is 4.72 Å². The molecule has 0 aliphatic heterocycles. The Morgan fingerprint density at radius 1 is 1.08 bits per heavy atom. The third-order valence-electron chi connectivity index (χ3n) is 3.31. The minimum Gasteiger partial charge on any atom is -0.497 e. The van der Waals surface area contributed by atoms with Crippen molar-refractivity contribution in [2.45, 2.75) is 17.5 Å². The van der Waals surface area contributed by atoms with Gasteiger partial charge in [0.1, 0.15) is 5.75 Å². The van der Waals surface area contributed by atoms with Crippen molar-refractivity contribution < 1.29 is 26.3 Å². The second-order valence-corrected chi connectivity index (χ2v) is 6.79. The number of methoxy groups -OCH3 is 1. The predicted molar refractivity (Wildman–Crippen MR) is 83.3 cm³/mol. The zero-order chi connectivity index (χ0) is 17.8. The van der Waals surface area contributed by atoms with E-state index in [0.29, 0.717) is 18.2 Å². The second kappa shape index (κ2) is 7.23. The molecule has 0 spiro atoms. The summed E-state index contributed by atoms with van der Waals surface area (Å²) in [6.45, 7) is 0.0613. The van der Waals surface area contributed by atoms with Gasteiger partial charge in [-0.15, -0.1) is 0 Å². The highest BCUT2D eigenvalue weighted by Gasteiger charge is 2.31. The van der Waals surface area contributed by atoms with E-state index in [0.717, 1.165) is 23.8 Å². The maximum atomic E-state index is 12.7. The van der Waals surface area contributed by atoms with Gasteiger partial charge in [-0.25, -0.2) is 13.1 Å². The SMILES string of the molecule is COc1cccc(CCNS(=O)(=O)c2cccc(C(F)(F)F)c2)c1. The van der Waals surface area contributed by atoms with Crippen LogP contribution in [0.5, 0.6) is 5.75 Å². The normalized spacial score (nSPS) is 12.2. The smallest absolute Gasteiger partial charge is 0.416 e. The van der Waals surface area contributed by atoms with Gasteiger partial charge in [-0.1, -0.05) is 18.2 Å². The molecule has 0 aliphatic carbocycles. The number of benzene rings is 2. The monoisotopic (exact) mass is 359 g/mol. The molecule has 0 unspecified atom stereocenters. The summed E-state index contributed by atoms with van der Waals surface area (Å²) in [6.07, 6.45) is -4.21. The van der Waals surface area contributed by atoms with Crippen molar-refractivity contribution in [3.63, 3.8) is 0 Å². The lowest BCUT2D eigenvalue weighted by Gasteiger charge is -2.10. The van der Waals surface area contributed by atoms with Gasteiger partial charge in [-0.05, 0) is 42.3 Å². The van der Waals surface area contributed by atoms with Crippen LogP contribution in [0.4, 0.5) is 13.2 Å². The van der Waals surface area contributed by atoms with Crippen LogP contribution < -0.4 is 9.46 Å². The molecule has 0 bridgehead atoms. The van der Waals surface area contributed by atoms with Crippen LogP contribution in [-0.4, -0.2) is 22.1 Å². The van der Waals surface area contributed by atoms with E-state index >= 15 is 0 Å². The molecule has 24 heavy (non-hydrogen) atoms. The van der Waals surface area contributed by atoms with Crippen LogP contribution in [0.2, 0.25) is 0 Å². The van der Waals surface area contributed by atoms with E-state index in [1.807, 2.05) is 0 Å². The fourth-order valence-electron chi connectivity index (χ4n) is 2.08. The Bertz CT molecular complexity index is 804. The van der Waals surface area contributed by atoms with Crippen LogP contribution in [0.3, 0.4) is 0 Å². The van der Waals surface area contributed by atoms with Crippen molar-refractivity contribution >= 4 is 10.0 Å². The van der Waals surface area contributed by atoms with E-state index in [1.165, 1.54) is 7.11 Å². The Labute approximate surface area is 138 Å². The van der Waals surface area contributed by atoms with Crippen molar-refractivity contribution in [3.8, 4) is 5.75 Å². The van der Waals surface area contributed by atoms with Gasteiger partial charge in [0, 0.05) is 6.54 Å². The van der Waals surface area contributed by atoms with Crippen LogP contribution >= 0.6 is 0 Å². The highest BCUT2D eigenvalue weighted by molar-refractivity contribution is 7.89. The van der Waals surface area contributed by atoms with Crippen molar-refractivity contribution in [2.75, 3.05) is 13.7 Å². The molecule has 2 aromatic carbocycles. The maximum Gasteiger partial charge on any atom is 0.416 e. The van der Waals surface area contributed by atoms with Crippen molar-refractivity contribution in [2.24, 2.45) is 0 Å². The van der Waals surface area contributed by atoms with Crippen LogP contribution in [-0.2, 0) is 22.6 Å². The summed E-state index contributed by atoms with van der Waals surface area (Å²) in [5.41, 5.74) is -0.153. The molecule has 130 valence electrons. The summed E-state index contributed by atoms with van der Waals surface area (Å²) in [4.78, 5) is -0.414. The lowest BCUT2D eigenvalue weighted by atomic mass is 10.1. The molecule has 4 nitrogen and oxygen atoms in total. The van der Waals surface area contributed by atoms with Crippen molar-refractivity contribution in [1.82, 2.24) is 4.72 Å². The zero-order valence-corrected chi connectivity index (χ0v) is 13.6. The molecule has 0 saturated carbocycles. The van der Waals surface area contributed by atoms with E-state index in [1.54, 1.807) is 24.3 Å². The van der Waals surface area contributed by atoms with E-state index in [9.17, 15) is 21.6 Å². The largest absolute Gasteiger partial charge is 0.497 e.